The molecule has 0 spiro atoms. The highest BCUT2D eigenvalue weighted by Crippen LogP contribution is 2.39. The van der Waals surface area contributed by atoms with Crippen molar-refractivity contribution in [1.82, 2.24) is 10.2 Å². The average molecular weight is 528 g/mol. The topological polar surface area (TPSA) is 49.4 Å². The lowest BCUT2D eigenvalue weighted by Gasteiger charge is -2.14. The highest BCUT2D eigenvalue weighted by atomic mass is 79.9. The minimum atomic E-state index is -0.206. The first-order valence-corrected chi connectivity index (χ1v) is 12.0. The Morgan fingerprint density at radius 1 is 1.23 bits per heavy atom. The van der Waals surface area contributed by atoms with Crippen molar-refractivity contribution >= 4 is 68.8 Å². The van der Waals surface area contributed by atoms with E-state index in [4.69, 9.17) is 23.2 Å². The van der Waals surface area contributed by atoms with Gasteiger partial charge in [0.25, 0.3) is 0 Å². The van der Waals surface area contributed by atoms with Gasteiger partial charge in [0.2, 0.25) is 11.8 Å². The van der Waals surface area contributed by atoms with E-state index in [9.17, 15) is 9.59 Å². The Kier molecular flexibility index (Phi) is 8.69. The number of carbonyl (C=O) groups excluding carboxylic acids is 2. The van der Waals surface area contributed by atoms with Gasteiger partial charge in [-0.25, -0.2) is 0 Å². The Labute approximate surface area is 199 Å². The van der Waals surface area contributed by atoms with E-state index in [0.717, 1.165) is 33.7 Å². The van der Waals surface area contributed by atoms with E-state index in [1.807, 2.05) is 41.3 Å². The molecule has 2 aromatic carbocycles. The molecule has 2 aromatic rings. The Bertz CT molecular complexity index is 968. The van der Waals surface area contributed by atoms with Gasteiger partial charge in [-0.15, -0.1) is 0 Å². The third kappa shape index (κ3) is 6.51. The molecule has 1 saturated heterocycles. The van der Waals surface area contributed by atoms with Crippen LogP contribution in [0.3, 0.4) is 0 Å². The largest absolute Gasteiger partial charge is 0.352 e. The van der Waals surface area contributed by atoms with E-state index in [1.165, 1.54) is 17.8 Å². The summed E-state index contributed by atoms with van der Waals surface area (Å²) in [6.45, 7) is 2.02. The van der Waals surface area contributed by atoms with Gasteiger partial charge in [-0.2, -0.15) is 0 Å². The van der Waals surface area contributed by atoms with Crippen molar-refractivity contribution in [2.24, 2.45) is 0 Å². The normalized spacial score (nSPS) is 14.0. The molecule has 0 aliphatic carbocycles. The van der Waals surface area contributed by atoms with E-state index in [0.29, 0.717) is 35.1 Å². The van der Waals surface area contributed by atoms with Crippen LogP contribution in [-0.2, 0) is 9.59 Å². The quantitative estimate of drug-likeness (QED) is 0.336. The van der Waals surface area contributed by atoms with E-state index in [1.54, 1.807) is 6.08 Å². The maximum absolute atomic E-state index is 12.0. The lowest BCUT2D eigenvalue weighted by atomic mass is 10.2. The van der Waals surface area contributed by atoms with Gasteiger partial charge in [0.15, 0.2) is 0 Å². The molecule has 1 fully saturated rings. The van der Waals surface area contributed by atoms with Gasteiger partial charge in [0.1, 0.15) is 0 Å². The SMILES string of the molecule is O=C(/C=C/c1ccc(Sc2cccc(Br)c2)c(Cl)c1Cl)NCCCN1CCCC1=O. The molecule has 30 heavy (non-hydrogen) atoms. The molecule has 3 rings (SSSR count). The van der Waals surface area contributed by atoms with Crippen LogP contribution in [0.25, 0.3) is 6.08 Å². The zero-order valence-corrected chi connectivity index (χ0v) is 20.1. The molecular weight excluding hydrogens is 507 g/mol. The molecule has 0 bridgehead atoms. The van der Waals surface area contributed by atoms with Gasteiger partial charge >= 0.3 is 0 Å². The smallest absolute Gasteiger partial charge is 0.244 e. The molecular formula is C22H21BrCl2N2O2S. The fraction of sp³-hybridized carbons (Fsp3) is 0.273. The predicted octanol–water partition coefficient (Wildman–Crippen LogP) is 6.05. The number of nitrogens with one attached hydrogen (secondary N) is 1. The van der Waals surface area contributed by atoms with Crippen molar-refractivity contribution in [3.05, 3.63) is 62.6 Å². The van der Waals surface area contributed by atoms with Crippen LogP contribution in [0.5, 0.6) is 0 Å². The zero-order valence-electron chi connectivity index (χ0n) is 16.2. The van der Waals surface area contributed by atoms with Gasteiger partial charge in [0, 0.05) is 46.4 Å². The van der Waals surface area contributed by atoms with Gasteiger partial charge in [-0.3, -0.25) is 9.59 Å². The summed E-state index contributed by atoms with van der Waals surface area (Å²) in [6, 6.07) is 11.7. The van der Waals surface area contributed by atoms with E-state index in [2.05, 4.69) is 21.2 Å². The molecule has 158 valence electrons. The minimum Gasteiger partial charge on any atom is -0.352 e. The average Bonchev–Trinajstić information content (AvgIpc) is 3.13. The Morgan fingerprint density at radius 3 is 2.80 bits per heavy atom. The Balaban J connectivity index is 1.52. The van der Waals surface area contributed by atoms with Crippen molar-refractivity contribution in [2.75, 3.05) is 19.6 Å². The maximum atomic E-state index is 12.0. The maximum Gasteiger partial charge on any atom is 0.244 e. The standard InChI is InChI=1S/C22H21BrCl2N2O2S/c23-16-4-1-5-17(14-16)30-18-9-7-15(21(24)22(18)25)8-10-19(28)26-11-3-13-27-12-2-6-20(27)29/h1,4-5,7-10,14H,2-3,6,11-13H2,(H,26,28)/b10-8+. The molecule has 0 unspecified atom stereocenters. The summed E-state index contributed by atoms with van der Waals surface area (Å²) in [6.07, 6.45) is 5.40. The number of hydrogen-bond donors (Lipinski definition) is 1. The van der Waals surface area contributed by atoms with Crippen LogP contribution in [0, 0.1) is 0 Å². The number of halogens is 3. The summed E-state index contributed by atoms with van der Waals surface area (Å²) in [7, 11) is 0. The monoisotopic (exact) mass is 526 g/mol. The molecule has 1 aliphatic rings. The highest BCUT2D eigenvalue weighted by molar-refractivity contribution is 9.10. The predicted molar refractivity (Wildman–Crippen MR) is 127 cm³/mol. The minimum absolute atomic E-state index is 0.203. The zero-order chi connectivity index (χ0) is 21.5. The number of carbonyl (C=O) groups is 2. The molecule has 8 heteroatoms. The molecule has 0 radical (unpaired) electrons. The van der Waals surface area contributed by atoms with Crippen molar-refractivity contribution in [1.29, 1.82) is 0 Å². The van der Waals surface area contributed by atoms with Crippen LogP contribution in [0.1, 0.15) is 24.8 Å². The second kappa shape index (κ2) is 11.2. The number of likely N-dealkylation sites (tertiary alicyclic amines) is 1. The Hall–Kier alpha value is -1.47. The molecule has 1 aliphatic heterocycles. The second-order valence-electron chi connectivity index (χ2n) is 6.80. The van der Waals surface area contributed by atoms with Crippen LogP contribution >= 0.6 is 50.9 Å². The van der Waals surface area contributed by atoms with Gasteiger partial charge in [-0.05, 0) is 48.7 Å². The first-order valence-electron chi connectivity index (χ1n) is 9.59. The fourth-order valence-corrected chi connectivity index (χ4v) is 5.09. The first kappa shape index (κ1) is 23.2. The molecule has 0 atom stereocenters. The number of rotatable bonds is 8. The van der Waals surface area contributed by atoms with Gasteiger partial charge in [-0.1, -0.05) is 63.0 Å². The van der Waals surface area contributed by atoms with Crippen LogP contribution in [-0.4, -0.2) is 36.3 Å². The summed E-state index contributed by atoms with van der Waals surface area (Å²) in [5, 5.41) is 3.70. The van der Waals surface area contributed by atoms with Gasteiger partial charge in [0.05, 0.1) is 10.0 Å². The fourth-order valence-electron chi connectivity index (χ4n) is 3.06. The summed E-state index contributed by atoms with van der Waals surface area (Å²) in [4.78, 5) is 27.3. The van der Waals surface area contributed by atoms with Crippen molar-refractivity contribution < 1.29 is 9.59 Å². The summed E-state index contributed by atoms with van der Waals surface area (Å²) in [5.74, 6) is -0.00298. The molecule has 4 nitrogen and oxygen atoms in total. The lowest BCUT2D eigenvalue weighted by molar-refractivity contribution is -0.127. The van der Waals surface area contributed by atoms with Crippen LogP contribution < -0.4 is 5.32 Å². The van der Waals surface area contributed by atoms with Crippen molar-refractivity contribution in [2.45, 2.75) is 29.1 Å². The Morgan fingerprint density at radius 2 is 2.07 bits per heavy atom. The van der Waals surface area contributed by atoms with Crippen molar-refractivity contribution in [3.8, 4) is 0 Å². The molecule has 0 aromatic heterocycles. The van der Waals surface area contributed by atoms with E-state index in [-0.39, 0.29) is 11.8 Å². The number of nitrogens with zero attached hydrogens (tertiary/aromatic N) is 1. The second-order valence-corrected chi connectivity index (χ2v) is 9.59. The summed E-state index contributed by atoms with van der Waals surface area (Å²) in [5.41, 5.74) is 0.679. The number of hydrogen-bond acceptors (Lipinski definition) is 3. The summed E-state index contributed by atoms with van der Waals surface area (Å²) < 4.78 is 0.993. The van der Waals surface area contributed by atoms with Crippen LogP contribution in [0.4, 0.5) is 0 Å². The van der Waals surface area contributed by atoms with Crippen LogP contribution in [0.15, 0.2) is 56.7 Å². The molecule has 0 saturated carbocycles. The first-order chi connectivity index (χ1) is 14.4. The van der Waals surface area contributed by atoms with E-state index < -0.39 is 0 Å². The summed E-state index contributed by atoms with van der Waals surface area (Å²) >= 11 is 17.8. The van der Waals surface area contributed by atoms with E-state index >= 15 is 0 Å². The number of amides is 2. The molecule has 2 amide bonds. The van der Waals surface area contributed by atoms with Crippen molar-refractivity contribution in [3.63, 3.8) is 0 Å². The molecule has 1 heterocycles. The lowest BCUT2D eigenvalue weighted by Crippen LogP contribution is -2.29. The van der Waals surface area contributed by atoms with Gasteiger partial charge < -0.3 is 10.2 Å². The highest BCUT2D eigenvalue weighted by Gasteiger charge is 2.19. The van der Waals surface area contributed by atoms with Crippen LogP contribution in [0.2, 0.25) is 10.0 Å². The third-order valence-electron chi connectivity index (χ3n) is 4.59. The number of benzene rings is 2. The third-order valence-corrected chi connectivity index (χ3v) is 7.14. The molecule has 1 N–H and O–H groups in total.